The second-order valence-electron chi connectivity index (χ2n) is 8.32. The summed E-state index contributed by atoms with van der Waals surface area (Å²) >= 11 is 12.3. The van der Waals surface area contributed by atoms with Crippen molar-refractivity contribution in [3.05, 3.63) is 81.6 Å². The first kappa shape index (κ1) is 25.5. The summed E-state index contributed by atoms with van der Waals surface area (Å²) in [7, 11) is -3.15. The van der Waals surface area contributed by atoms with E-state index in [-0.39, 0.29) is 12.2 Å². The number of piperazine rings is 1. The van der Waals surface area contributed by atoms with Crippen LogP contribution in [0.15, 0.2) is 54.7 Å². The summed E-state index contributed by atoms with van der Waals surface area (Å²) in [6.45, 7) is 2.88. The Morgan fingerprint density at radius 3 is 2.37 bits per heavy atom. The van der Waals surface area contributed by atoms with Crippen LogP contribution in [0.3, 0.4) is 0 Å². The van der Waals surface area contributed by atoms with E-state index in [4.69, 9.17) is 23.2 Å². The molecule has 3 heterocycles. The predicted molar refractivity (Wildman–Crippen MR) is 138 cm³/mol. The Labute approximate surface area is 214 Å². The lowest BCUT2D eigenvalue weighted by Gasteiger charge is -2.32. The minimum Gasteiger partial charge on any atom is -0.325 e. The number of halogens is 2. The summed E-state index contributed by atoms with van der Waals surface area (Å²) in [4.78, 5) is 24.0. The van der Waals surface area contributed by atoms with E-state index in [1.807, 2.05) is 18.2 Å². The molecule has 11 heteroatoms. The largest absolute Gasteiger partial charge is 0.325 e. The lowest BCUT2D eigenvalue weighted by atomic mass is 10.0. The molecule has 0 spiro atoms. The maximum absolute atomic E-state index is 12.8. The molecule has 2 aromatic heterocycles. The van der Waals surface area contributed by atoms with E-state index in [1.165, 1.54) is 10.6 Å². The molecular formula is C24H25Cl2N5O3S. The van der Waals surface area contributed by atoms with E-state index in [2.05, 4.69) is 20.2 Å². The molecule has 0 aliphatic carbocycles. The Bertz CT molecular complexity index is 1310. The molecule has 1 aromatic carbocycles. The highest BCUT2D eigenvalue weighted by Crippen LogP contribution is 2.26. The third kappa shape index (κ3) is 6.77. The zero-order valence-electron chi connectivity index (χ0n) is 19.1. The van der Waals surface area contributed by atoms with Gasteiger partial charge in [-0.25, -0.2) is 18.4 Å². The highest BCUT2D eigenvalue weighted by molar-refractivity contribution is 7.88. The van der Waals surface area contributed by atoms with Crippen LogP contribution in [0.1, 0.15) is 21.6 Å². The summed E-state index contributed by atoms with van der Waals surface area (Å²) in [5.74, 6) is 1.02. The Morgan fingerprint density at radius 1 is 1.00 bits per heavy atom. The van der Waals surface area contributed by atoms with Crippen molar-refractivity contribution in [3.8, 4) is 0 Å². The average molecular weight is 534 g/mol. The molecule has 184 valence electrons. The van der Waals surface area contributed by atoms with Gasteiger partial charge in [0, 0.05) is 45.3 Å². The number of anilines is 2. The Kier molecular flexibility index (Phi) is 8.03. The number of carbonyl (C=O) groups excluding carboxylic acids is 1. The van der Waals surface area contributed by atoms with Gasteiger partial charge in [0.25, 0.3) is 0 Å². The Morgan fingerprint density at radius 2 is 1.69 bits per heavy atom. The maximum Gasteiger partial charge on any atom is 0.211 e. The topological polar surface area (TPSA) is 95.5 Å². The minimum atomic E-state index is -3.15. The normalized spacial score (nSPS) is 15.2. The Balaban J connectivity index is 1.39. The summed E-state index contributed by atoms with van der Waals surface area (Å²) in [5.41, 5.74) is 1.94. The molecule has 1 fully saturated rings. The van der Waals surface area contributed by atoms with Gasteiger partial charge in [0.1, 0.15) is 11.6 Å². The van der Waals surface area contributed by atoms with Crippen molar-refractivity contribution in [2.24, 2.45) is 0 Å². The van der Waals surface area contributed by atoms with Gasteiger partial charge in [-0.05, 0) is 42.0 Å². The quantitative estimate of drug-likeness (QED) is 0.436. The van der Waals surface area contributed by atoms with Crippen molar-refractivity contribution in [2.75, 3.05) is 37.8 Å². The number of aromatic nitrogens is 2. The number of rotatable bonds is 8. The molecule has 0 atom stereocenters. The molecular weight excluding hydrogens is 509 g/mol. The lowest BCUT2D eigenvalue weighted by Crippen LogP contribution is -2.47. The highest BCUT2D eigenvalue weighted by atomic mass is 35.5. The van der Waals surface area contributed by atoms with E-state index in [0.29, 0.717) is 60.0 Å². The minimum absolute atomic E-state index is 0.133. The molecule has 8 nitrogen and oxygen atoms in total. The van der Waals surface area contributed by atoms with Crippen LogP contribution in [0, 0.1) is 0 Å². The van der Waals surface area contributed by atoms with E-state index in [9.17, 15) is 13.2 Å². The van der Waals surface area contributed by atoms with Crippen LogP contribution in [0.4, 0.5) is 11.6 Å². The number of pyridine rings is 2. The molecule has 0 bridgehead atoms. The standard InChI is InChI=1S/C24H25Cl2N5O3S/c1-35(33,34)31-12-10-30(11-13-31)16-18-4-2-7-22(28-18)29-23-15-17(8-9-27-23)14-21(32)24-19(25)5-3-6-20(24)26/h2-9,15H,10-14,16H2,1H3,(H,27,28,29). The molecule has 1 aliphatic heterocycles. The van der Waals surface area contributed by atoms with Gasteiger partial charge in [-0.1, -0.05) is 35.3 Å². The van der Waals surface area contributed by atoms with Crippen LogP contribution in [0.2, 0.25) is 10.0 Å². The summed E-state index contributed by atoms with van der Waals surface area (Å²) in [5, 5.41) is 3.85. The van der Waals surface area contributed by atoms with Gasteiger partial charge in [-0.3, -0.25) is 9.69 Å². The number of carbonyl (C=O) groups is 1. The third-order valence-corrected chi connectivity index (χ3v) is 7.61. The van der Waals surface area contributed by atoms with Gasteiger partial charge in [-0.15, -0.1) is 0 Å². The highest BCUT2D eigenvalue weighted by Gasteiger charge is 2.23. The molecule has 4 rings (SSSR count). The van der Waals surface area contributed by atoms with Crippen molar-refractivity contribution in [1.82, 2.24) is 19.2 Å². The first-order chi connectivity index (χ1) is 16.7. The van der Waals surface area contributed by atoms with E-state index >= 15 is 0 Å². The van der Waals surface area contributed by atoms with Crippen molar-refractivity contribution in [2.45, 2.75) is 13.0 Å². The summed E-state index contributed by atoms with van der Waals surface area (Å²) in [6.07, 6.45) is 3.00. The molecule has 0 radical (unpaired) electrons. The molecule has 0 amide bonds. The summed E-state index contributed by atoms with van der Waals surface area (Å²) < 4.78 is 24.9. The van der Waals surface area contributed by atoms with Crippen LogP contribution in [-0.2, 0) is 23.0 Å². The number of nitrogens with zero attached hydrogens (tertiary/aromatic N) is 4. The number of hydrogen-bond donors (Lipinski definition) is 1. The van der Waals surface area contributed by atoms with Crippen LogP contribution in [0.25, 0.3) is 0 Å². The number of nitrogens with one attached hydrogen (secondary N) is 1. The van der Waals surface area contributed by atoms with E-state index in [0.717, 1.165) is 11.3 Å². The fourth-order valence-electron chi connectivity index (χ4n) is 3.91. The van der Waals surface area contributed by atoms with E-state index in [1.54, 1.807) is 36.5 Å². The van der Waals surface area contributed by atoms with Crippen LogP contribution in [-0.4, -0.2) is 65.8 Å². The lowest BCUT2D eigenvalue weighted by molar-refractivity contribution is 0.0993. The fourth-order valence-corrected chi connectivity index (χ4v) is 5.34. The second-order valence-corrected chi connectivity index (χ2v) is 11.1. The monoisotopic (exact) mass is 533 g/mol. The summed E-state index contributed by atoms with van der Waals surface area (Å²) in [6, 6.07) is 14.2. The molecule has 0 unspecified atom stereocenters. The zero-order valence-corrected chi connectivity index (χ0v) is 21.4. The first-order valence-electron chi connectivity index (χ1n) is 11.0. The molecule has 3 aromatic rings. The van der Waals surface area contributed by atoms with E-state index < -0.39 is 10.0 Å². The van der Waals surface area contributed by atoms with Gasteiger partial charge in [0.15, 0.2) is 5.78 Å². The van der Waals surface area contributed by atoms with Crippen LogP contribution in [0.5, 0.6) is 0 Å². The molecule has 1 saturated heterocycles. The molecule has 1 N–H and O–H groups in total. The number of ketones is 1. The van der Waals surface area contributed by atoms with Gasteiger partial charge in [0.2, 0.25) is 10.0 Å². The van der Waals surface area contributed by atoms with Gasteiger partial charge in [-0.2, -0.15) is 4.31 Å². The van der Waals surface area contributed by atoms with Crippen molar-refractivity contribution >= 4 is 50.6 Å². The number of sulfonamides is 1. The van der Waals surface area contributed by atoms with Crippen molar-refractivity contribution in [1.29, 1.82) is 0 Å². The molecule has 35 heavy (non-hydrogen) atoms. The number of benzene rings is 1. The zero-order chi connectivity index (χ0) is 25.0. The van der Waals surface area contributed by atoms with Crippen molar-refractivity contribution < 1.29 is 13.2 Å². The van der Waals surface area contributed by atoms with Crippen molar-refractivity contribution in [3.63, 3.8) is 0 Å². The van der Waals surface area contributed by atoms with Crippen LogP contribution < -0.4 is 5.32 Å². The smallest absolute Gasteiger partial charge is 0.211 e. The Hall–Kier alpha value is -2.56. The second kappa shape index (κ2) is 11.0. The molecule has 0 saturated carbocycles. The number of Topliss-reactive ketones (excluding diaryl/α,β-unsaturated/α-hetero) is 1. The third-order valence-electron chi connectivity index (χ3n) is 5.68. The number of hydrogen-bond acceptors (Lipinski definition) is 7. The average Bonchev–Trinajstić information content (AvgIpc) is 2.79. The van der Waals surface area contributed by atoms with Gasteiger partial charge < -0.3 is 5.32 Å². The predicted octanol–water partition coefficient (Wildman–Crippen LogP) is 4.03. The first-order valence-corrected chi connectivity index (χ1v) is 13.6. The van der Waals surface area contributed by atoms with Gasteiger partial charge >= 0.3 is 0 Å². The van der Waals surface area contributed by atoms with Gasteiger partial charge in [0.05, 0.1) is 27.6 Å². The fraction of sp³-hybridized carbons (Fsp3) is 0.292. The molecule has 1 aliphatic rings. The maximum atomic E-state index is 12.8. The SMILES string of the molecule is CS(=O)(=O)N1CCN(Cc2cccc(Nc3cc(CC(=O)c4c(Cl)cccc4Cl)ccn3)n2)CC1. The van der Waals surface area contributed by atoms with Crippen LogP contribution >= 0.6 is 23.2 Å².